The molecule has 27 heavy (non-hydrogen) atoms. The molecule has 0 aliphatic carbocycles. The third kappa shape index (κ3) is 4.92. The molecule has 3 rings (SSSR count). The van der Waals surface area contributed by atoms with Gasteiger partial charge < -0.3 is 16.4 Å². The van der Waals surface area contributed by atoms with Gasteiger partial charge in [0.25, 0.3) is 5.91 Å². The van der Waals surface area contributed by atoms with E-state index >= 15 is 0 Å². The van der Waals surface area contributed by atoms with Gasteiger partial charge in [-0.05, 0) is 30.4 Å². The summed E-state index contributed by atoms with van der Waals surface area (Å²) in [6.45, 7) is 0.813. The predicted molar refractivity (Wildman–Crippen MR) is 99.0 cm³/mol. The molecule has 3 aromatic heterocycles. The monoisotopic (exact) mass is 382 g/mol. The predicted octanol–water partition coefficient (Wildman–Crippen LogP) is -0.651. The van der Waals surface area contributed by atoms with Crippen LogP contribution in [0.5, 0.6) is 0 Å². The highest BCUT2D eigenvalue weighted by molar-refractivity contribution is 7.80. The maximum atomic E-state index is 12.0. The highest BCUT2D eigenvalue weighted by atomic mass is 32.1. The maximum Gasteiger partial charge on any atom is 0.252 e. The van der Waals surface area contributed by atoms with Crippen LogP contribution in [0.3, 0.4) is 0 Å². The largest absolute Gasteiger partial charge is 0.376 e. The van der Waals surface area contributed by atoms with Gasteiger partial charge in [-0.1, -0.05) is 0 Å². The van der Waals surface area contributed by atoms with Crippen LogP contribution < -0.4 is 16.4 Å². The van der Waals surface area contributed by atoms with Crippen LogP contribution in [-0.2, 0) is 0 Å². The van der Waals surface area contributed by atoms with E-state index in [9.17, 15) is 4.79 Å². The van der Waals surface area contributed by atoms with Crippen LogP contribution in [0.15, 0.2) is 36.8 Å². The Bertz CT molecular complexity index is 918. The van der Waals surface area contributed by atoms with Crippen molar-refractivity contribution in [3.05, 3.63) is 42.4 Å². The number of hydrogen-bond donors (Lipinski definition) is 3. The van der Waals surface area contributed by atoms with Gasteiger partial charge in [-0.15, -0.1) is 20.4 Å². The summed E-state index contributed by atoms with van der Waals surface area (Å²) in [5.41, 5.74) is 6.13. The number of amides is 1. The molecule has 136 valence electrons. The summed E-state index contributed by atoms with van der Waals surface area (Å²) in [4.78, 5) is 24.3. The van der Waals surface area contributed by atoms with Gasteiger partial charge in [-0.3, -0.25) is 9.78 Å². The van der Waals surface area contributed by atoms with Crippen LogP contribution in [0, 0.1) is 0 Å². The van der Waals surface area contributed by atoms with E-state index in [1.165, 1.54) is 6.20 Å². The minimum Gasteiger partial charge on any atom is -0.376 e. The average molecular weight is 382 g/mol. The second-order valence-electron chi connectivity index (χ2n) is 5.10. The Hall–Kier alpha value is -3.67. The van der Waals surface area contributed by atoms with E-state index in [4.69, 9.17) is 5.73 Å². The summed E-state index contributed by atoms with van der Waals surface area (Å²) < 4.78 is 0. The zero-order valence-corrected chi connectivity index (χ0v) is 14.7. The number of carbonyl (C=O) groups is 1. The van der Waals surface area contributed by atoms with Crippen LogP contribution in [-0.4, -0.2) is 59.5 Å². The highest BCUT2D eigenvalue weighted by Gasteiger charge is 2.11. The molecule has 1 amide bonds. The first-order chi connectivity index (χ1) is 13.1. The fourth-order valence-electron chi connectivity index (χ4n) is 1.96. The van der Waals surface area contributed by atoms with Gasteiger partial charge in [0.1, 0.15) is 5.69 Å². The number of thiocarbonyl (C=S) groups is 1. The molecule has 0 fully saturated rings. The summed E-state index contributed by atoms with van der Waals surface area (Å²) in [5.74, 6) is 0.490. The molecule has 4 N–H and O–H groups in total. The van der Waals surface area contributed by atoms with Crippen molar-refractivity contribution < 1.29 is 4.79 Å². The van der Waals surface area contributed by atoms with Crippen LogP contribution in [0.2, 0.25) is 0 Å². The van der Waals surface area contributed by atoms with Crippen molar-refractivity contribution in [1.82, 2.24) is 46.0 Å². The number of nitrogens with one attached hydrogen (secondary N) is 2. The van der Waals surface area contributed by atoms with E-state index in [2.05, 4.69) is 58.2 Å². The molecule has 12 heteroatoms. The lowest BCUT2D eigenvalue weighted by Gasteiger charge is -2.06. The minimum atomic E-state index is -0.271. The van der Waals surface area contributed by atoms with Crippen molar-refractivity contribution in [3.8, 4) is 23.2 Å². The first kappa shape index (κ1) is 18.1. The summed E-state index contributed by atoms with van der Waals surface area (Å²) >= 11 is 4.68. The fraction of sp³-hybridized carbons (Fsp3) is 0.133. The standard InChI is InChI=1S/C15H14N10OS/c16-15(27)20-7-6-19-14(26)9-2-3-10(21-8-9)11-22-24-13(25-23-11)12-17-4-1-5-18-12/h1-5,8H,6-7H2,(H,19,26)(H3,16,20,27). The summed E-state index contributed by atoms with van der Waals surface area (Å²) in [6.07, 6.45) is 4.57. The normalized spacial score (nSPS) is 10.2. The van der Waals surface area contributed by atoms with Gasteiger partial charge in [0.15, 0.2) is 5.11 Å². The Kier molecular flexibility index (Phi) is 5.79. The topological polar surface area (TPSA) is 157 Å². The van der Waals surface area contributed by atoms with E-state index in [0.717, 1.165) is 0 Å². The average Bonchev–Trinajstić information content (AvgIpc) is 2.72. The quantitative estimate of drug-likeness (QED) is 0.367. The molecule has 3 heterocycles. The van der Waals surface area contributed by atoms with Crippen LogP contribution in [0.4, 0.5) is 0 Å². The summed E-state index contributed by atoms with van der Waals surface area (Å²) in [6, 6.07) is 4.90. The maximum absolute atomic E-state index is 12.0. The van der Waals surface area contributed by atoms with Crippen molar-refractivity contribution in [2.75, 3.05) is 13.1 Å². The Morgan fingerprint density at radius 3 is 2.22 bits per heavy atom. The van der Waals surface area contributed by atoms with Gasteiger partial charge >= 0.3 is 0 Å². The SMILES string of the molecule is NC(=S)NCCNC(=O)c1ccc(-c2nnc(-c3ncccn3)nn2)nc1. The van der Waals surface area contributed by atoms with E-state index in [-0.39, 0.29) is 22.7 Å². The minimum absolute atomic E-state index is 0.183. The van der Waals surface area contributed by atoms with Gasteiger partial charge in [-0.25, -0.2) is 9.97 Å². The molecule has 0 saturated carbocycles. The molecule has 0 saturated heterocycles. The number of rotatable bonds is 6. The first-order valence-electron chi connectivity index (χ1n) is 7.76. The smallest absolute Gasteiger partial charge is 0.252 e. The van der Waals surface area contributed by atoms with Crippen LogP contribution >= 0.6 is 12.2 Å². The van der Waals surface area contributed by atoms with Crippen LogP contribution in [0.1, 0.15) is 10.4 Å². The lowest BCUT2D eigenvalue weighted by atomic mass is 10.2. The van der Waals surface area contributed by atoms with Crippen LogP contribution in [0.25, 0.3) is 23.2 Å². The van der Waals surface area contributed by atoms with E-state index in [1.807, 2.05) is 0 Å². The fourth-order valence-corrected chi connectivity index (χ4v) is 2.06. The first-order valence-corrected chi connectivity index (χ1v) is 8.17. The Balaban J connectivity index is 1.63. The van der Waals surface area contributed by atoms with E-state index in [1.54, 1.807) is 30.6 Å². The summed E-state index contributed by atoms with van der Waals surface area (Å²) in [7, 11) is 0. The van der Waals surface area contributed by atoms with Crippen molar-refractivity contribution in [3.63, 3.8) is 0 Å². The number of carbonyl (C=O) groups excluding carboxylic acids is 1. The third-order valence-electron chi connectivity index (χ3n) is 3.21. The molecule has 0 radical (unpaired) electrons. The van der Waals surface area contributed by atoms with Gasteiger partial charge in [0, 0.05) is 31.7 Å². The molecule has 3 aromatic rings. The van der Waals surface area contributed by atoms with Crippen molar-refractivity contribution >= 4 is 23.2 Å². The second kappa shape index (κ2) is 8.62. The number of nitrogens with two attached hydrogens (primary N) is 1. The molecule has 0 aliphatic heterocycles. The third-order valence-corrected chi connectivity index (χ3v) is 3.35. The lowest BCUT2D eigenvalue weighted by Crippen LogP contribution is -2.37. The van der Waals surface area contributed by atoms with E-state index < -0.39 is 0 Å². The molecule has 0 aromatic carbocycles. The van der Waals surface area contributed by atoms with Crippen molar-refractivity contribution in [1.29, 1.82) is 0 Å². The number of hydrogen-bond acceptors (Lipinski definition) is 9. The molecule has 0 spiro atoms. The van der Waals surface area contributed by atoms with Crippen molar-refractivity contribution in [2.45, 2.75) is 0 Å². The van der Waals surface area contributed by atoms with Gasteiger partial charge in [0.2, 0.25) is 17.5 Å². The second-order valence-corrected chi connectivity index (χ2v) is 5.54. The zero-order chi connectivity index (χ0) is 19.1. The molecule has 0 aliphatic rings. The van der Waals surface area contributed by atoms with Crippen molar-refractivity contribution in [2.24, 2.45) is 5.73 Å². The number of pyridine rings is 1. The van der Waals surface area contributed by atoms with Gasteiger partial charge in [0.05, 0.1) is 5.56 Å². The zero-order valence-electron chi connectivity index (χ0n) is 13.9. The summed E-state index contributed by atoms with van der Waals surface area (Å²) in [5, 5.41) is 21.5. The molecular weight excluding hydrogens is 368 g/mol. The molecular formula is C15H14N10OS. The van der Waals surface area contributed by atoms with E-state index in [0.29, 0.717) is 30.2 Å². The number of aromatic nitrogens is 7. The molecule has 0 unspecified atom stereocenters. The Labute approximate surface area is 158 Å². The van der Waals surface area contributed by atoms with Gasteiger partial charge in [-0.2, -0.15) is 0 Å². The Morgan fingerprint density at radius 2 is 1.59 bits per heavy atom. The lowest BCUT2D eigenvalue weighted by molar-refractivity contribution is 0.0954. The molecule has 0 bridgehead atoms. The Morgan fingerprint density at radius 1 is 0.926 bits per heavy atom. The molecule has 11 nitrogen and oxygen atoms in total. The molecule has 0 atom stereocenters. The highest BCUT2D eigenvalue weighted by Crippen LogP contribution is 2.12. The number of nitrogens with zero attached hydrogens (tertiary/aromatic N) is 7.